The van der Waals surface area contributed by atoms with Crippen LogP contribution in [0.1, 0.15) is 55.2 Å². The van der Waals surface area contributed by atoms with Gasteiger partial charge in [0.05, 0.1) is 5.39 Å². The predicted molar refractivity (Wildman–Crippen MR) is 120 cm³/mol. The summed E-state index contributed by atoms with van der Waals surface area (Å²) in [7, 11) is 0. The molecule has 0 saturated carbocycles. The second-order valence-corrected chi connectivity index (χ2v) is 9.43. The molecule has 5 rings (SSSR count). The highest BCUT2D eigenvalue weighted by molar-refractivity contribution is 5.89. The van der Waals surface area contributed by atoms with Crippen LogP contribution in [0, 0.1) is 12.8 Å². The summed E-state index contributed by atoms with van der Waals surface area (Å²) in [6.45, 7) is 5.06. The zero-order valence-corrected chi connectivity index (χ0v) is 18.4. The Bertz CT molecular complexity index is 1040. The van der Waals surface area contributed by atoms with Gasteiger partial charge in [-0.05, 0) is 94.1 Å². The van der Waals surface area contributed by atoms with E-state index >= 15 is 0 Å². The van der Waals surface area contributed by atoms with Crippen LogP contribution < -0.4 is 15.7 Å². The van der Waals surface area contributed by atoms with E-state index in [1.165, 1.54) is 45.2 Å². The van der Waals surface area contributed by atoms with Crippen molar-refractivity contribution in [3.8, 4) is 5.75 Å². The quantitative estimate of drug-likeness (QED) is 0.746. The maximum Gasteiger partial charge on any atom is 0.339 e. The van der Waals surface area contributed by atoms with Crippen molar-refractivity contribution in [3.05, 3.63) is 39.2 Å². The van der Waals surface area contributed by atoms with Crippen LogP contribution in [0.3, 0.4) is 0 Å². The van der Waals surface area contributed by atoms with Crippen molar-refractivity contribution < 1.29 is 13.9 Å². The van der Waals surface area contributed by atoms with Gasteiger partial charge in [-0.25, -0.2) is 4.79 Å². The molecule has 1 N–H and O–H groups in total. The number of aryl methyl sites for hydroxylation is 2. The lowest BCUT2D eigenvalue weighted by Gasteiger charge is -2.44. The molecule has 1 aromatic carbocycles. The molecule has 0 bridgehead atoms. The fraction of sp³-hybridized carbons (Fsp3) is 0.600. The molecule has 3 heterocycles. The van der Waals surface area contributed by atoms with E-state index in [0.717, 1.165) is 47.9 Å². The highest BCUT2D eigenvalue weighted by Crippen LogP contribution is 2.35. The van der Waals surface area contributed by atoms with E-state index in [2.05, 4.69) is 10.2 Å². The molecular formula is C25H32N2O4. The van der Waals surface area contributed by atoms with Gasteiger partial charge >= 0.3 is 5.63 Å². The van der Waals surface area contributed by atoms with Crippen molar-refractivity contribution in [1.29, 1.82) is 0 Å². The van der Waals surface area contributed by atoms with Crippen LogP contribution >= 0.6 is 0 Å². The van der Waals surface area contributed by atoms with E-state index in [-0.39, 0.29) is 18.1 Å². The highest BCUT2D eigenvalue weighted by atomic mass is 16.5. The number of hydrogen-bond donors (Lipinski definition) is 1. The highest BCUT2D eigenvalue weighted by Gasteiger charge is 2.33. The molecule has 6 heteroatoms. The van der Waals surface area contributed by atoms with Crippen LogP contribution in [0.4, 0.5) is 0 Å². The first-order chi connectivity index (χ1) is 15.1. The number of nitrogens with zero attached hydrogens (tertiary/aromatic N) is 1. The molecule has 2 aromatic rings. The minimum atomic E-state index is -0.237. The monoisotopic (exact) mass is 424 g/mol. The number of fused-ring (bicyclic) bond motifs is 4. The van der Waals surface area contributed by atoms with Crippen molar-refractivity contribution >= 4 is 16.9 Å². The average molecular weight is 425 g/mol. The van der Waals surface area contributed by atoms with Crippen LogP contribution in [0.15, 0.2) is 21.3 Å². The van der Waals surface area contributed by atoms with Gasteiger partial charge in [0.2, 0.25) is 0 Å². The van der Waals surface area contributed by atoms with Gasteiger partial charge in [-0.2, -0.15) is 0 Å². The van der Waals surface area contributed by atoms with Gasteiger partial charge < -0.3 is 19.4 Å². The predicted octanol–water partition coefficient (Wildman–Crippen LogP) is 3.35. The molecule has 2 saturated heterocycles. The fourth-order valence-corrected chi connectivity index (χ4v) is 5.87. The molecule has 2 atom stereocenters. The molecule has 0 unspecified atom stereocenters. The van der Waals surface area contributed by atoms with Crippen LogP contribution in [0.5, 0.6) is 5.75 Å². The zero-order valence-electron chi connectivity index (χ0n) is 18.4. The number of rotatable bonds is 5. The summed E-state index contributed by atoms with van der Waals surface area (Å²) in [5.74, 6) is 1.09. The summed E-state index contributed by atoms with van der Waals surface area (Å²) >= 11 is 0. The average Bonchev–Trinajstić information content (AvgIpc) is 3.26. The Kier molecular flexibility index (Phi) is 5.74. The first-order valence-corrected chi connectivity index (χ1v) is 11.8. The van der Waals surface area contributed by atoms with Crippen molar-refractivity contribution in [2.45, 2.75) is 64.3 Å². The largest absolute Gasteiger partial charge is 0.483 e. The SMILES string of the molecule is Cc1cc(OCC(=O)NC[C@H]2CCCN3CCCC[C@H]23)c2c3c(c(=O)oc2c1)CCC3. The molecule has 0 radical (unpaired) electrons. The number of benzene rings is 1. The number of carbonyl (C=O) groups excluding carboxylic acids is 1. The van der Waals surface area contributed by atoms with Crippen molar-refractivity contribution in [1.82, 2.24) is 10.2 Å². The van der Waals surface area contributed by atoms with Gasteiger partial charge in [0.15, 0.2) is 6.61 Å². The summed E-state index contributed by atoms with van der Waals surface area (Å²) in [6.07, 6.45) is 8.82. The van der Waals surface area contributed by atoms with Gasteiger partial charge in [0.1, 0.15) is 11.3 Å². The minimum absolute atomic E-state index is 0.0203. The Morgan fingerprint density at radius 3 is 2.87 bits per heavy atom. The summed E-state index contributed by atoms with van der Waals surface area (Å²) in [4.78, 5) is 27.5. The third-order valence-electron chi connectivity index (χ3n) is 7.33. The number of nitrogens with one attached hydrogen (secondary N) is 1. The lowest BCUT2D eigenvalue weighted by Crippen LogP contribution is -2.51. The third kappa shape index (κ3) is 4.10. The van der Waals surface area contributed by atoms with Gasteiger partial charge in [-0.3, -0.25) is 4.79 Å². The van der Waals surface area contributed by atoms with E-state index < -0.39 is 0 Å². The lowest BCUT2D eigenvalue weighted by molar-refractivity contribution is -0.123. The van der Waals surface area contributed by atoms with Crippen LogP contribution in [-0.4, -0.2) is 43.1 Å². The number of carbonyl (C=O) groups is 1. The van der Waals surface area contributed by atoms with Crippen LogP contribution in [0.25, 0.3) is 11.0 Å². The first kappa shape index (κ1) is 20.6. The smallest absolute Gasteiger partial charge is 0.339 e. The number of hydrogen-bond acceptors (Lipinski definition) is 5. The van der Waals surface area contributed by atoms with Crippen molar-refractivity contribution in [2.75, 3.05) is 26.2 Å². The zero-order chi connectivity index (χ0) is 21.4. The Morgan fingerprint density at radius 1 is 1.13 bits per heavy atom. The second kappa shape index (κ2) is 8.65. The summed E-state index contributed by atoms with van der Waals surface area (Å²) in [5, 5.41) is 3.97. The maximum atomic E-state index is 12.6. The van der Waals surface area contributed by atoms with Crippen molar-refractivity contribution in [3.63, 3.8) is 0 Å². The van der Waals surface area contributed by atoms with E-state index in [1.807, 2.05) is 19.1 Å². The van der Waals surface area contributed by atoms with Gasteiger partial charge in [-0.15, -0.1) is 0 Å². The molecule has 1 aromatic heterocycles. The fourth-order valence-electron chi connectivity index (χ4n) is 5.87. The Hall–Kier alpha value is -2.34. The number of piperidine rings is 2. The molecule has 1 aliphatic carbocycles. The summed E-state index contributed by atoms with van der Waals surface area (Å²) in [5.41, 5.74) is 3.06. The molecule has 2 aliphatic heterocycles. The van der Waals surface area contributed by atoms with E-state index in [1.54, 1.807) is 0 Å². The molecule has 31 heavy (non-hydrogen) atoms. The Morgan fingerprint density at radius 2 is 1.97 bits per heavy atom. The molecule has 6 nitrogen and oxygen atoms in total. The van der Waals surface area contributed by atoms with Gasteiger partial charge in [0, 0.05) is 18.2 Å². The van der Waals surface area contributed by atoms with E-state index in [9.17, 15) is 9.59 Å². The minimum Gasteiger partial charge on any atom is -0.483 e. The summed E-state index contributed by atoms with van der Waals surface area (Å²) < 4.78 is 11.6. The third-order valence-corrected chi connectivity index (χ3v) is 7.33. The van der Waals surface area contributed by atoms with E-state index in [0.29, 0.717) is 23.3 Å². The van der Waals surface area contributed by atoms with Crippen molar-refractivity contribution in [2.24, 2.45) is 5.92 Å². The molecule has 2 fully saturated rings. The van der Waals surface area contributed by atoms with E-state index in [4.69, 9.17) is 9.15 Å². The van der Waals surface area contributed by atoms with Crippen LogP contribution in [0.2, 0.25) is 0 Å². The summed E-state index contributed by atoms with van der Waals surface area (Å²) in [6, 6.07) is 4.44. The lowest BCUT2D eigenvalue weighted by atomic mass is 9.83. The normalized spacial score (nSPS) is 23.4. The van der Waals surface area contributed by atoms with Gasteiger partial charge in [-0.1, -0.05) is 6.42 Å². The topological polar surface area (TPSA) is 71.8 Å². The standard InChI is InChI=1S/C25H32N2O4/c1-16-12-21(24-18-7-4-8-19(18)25(29)31-22(24)13-16)30-15-23(28)26-14-17-6-5-11-27-10-3-2-9-20(17)27/h12-13,17,20H,2-11,14-15H2,1H3,(H,26,28)/t17-,20-/m1/s1. The van der Waals surface area contributed by atoms with Crippen LogP contribution in [-0.2, 0) is 17.6 Å². The van der Waals surface area contributed by atoms with Gasteiger partial charge in [0.25, 0.3) is 5.91 Å². The molecule has 3 aliphatic rings. The Labute approximate surface area is 182 Å². The second-order valence-electron chi connectivity index (χ2n) is 9.43. The molecular weight excluding hydrogens is 392 g/mol. The number of amides is 1. The Balaban J connectivity index is 1.26. The first-order valence-electron chi connectivity index (χ1n) is 11.8. The molecule has 1 amide bonds. The number of ether oxygens (including phenoxy) is 1. The molecule has 0 spiro atoms. The molecule has 166 valence electrons. The maximum absolute atomic E-state index is 12.6.